The second-order valence-corrected chi connectivity index (χ2v) is 6.63. The van der Waals surface area contributed by atoms with E-state index in [2.05, 4.69) is 4.98 Å². The molecule has 1 amide bonds. The molecule has 6 nitrogen and oxygen atoms in total. The van der Waals surface area contributed by atoms with Crippen LogP contribution in [0.4, 0.5) is 0 Å². The summed E-state index contributed by atoms with van der Waals surface area (Å²) in [5, 5.41) is 0. The summed E-state index contributed by atoms with van der Waals surface area (Å²) in [5.41, 5.74) is 0.934. The SMILES string of the molecule is O=C(c1ccco1)N1CCO[C@@H]2C[C@H](COCc3ccccn3)C[C@@H]21. The molecule has 2 aliphatic rings. The van der Waals surface area contributed by atoms with E-state index in [1.54, 1.807) is 18.3 Å². The van der Waals surface area contributed by atoms with E-state index in [0.717, 1.165) is 18.5 Å². The van der Waals surface area contributed by atoms with Crippen LogP contribution in [0.3, 0.4) is 0 Å². The normalized spacial score (nSPS) is 25.8. The molecule has 1 saturated carbocycles. The molecule has 0 aromatic carbocycles. The molecule has 1 aliphatic heterocycles. The van der Waals surface area contributed by atoms with E-state index in [4.69, 9.17) is 13.9 Å². The molecule has 2 fully saturated rings. The number of hydrogen-bond acceptors (Lipinski definition) is 5. The minimum atomic E-state index is -0.0432. The first-order valence-electron chi connectivity index (χ1n) is 8.75. The van der Waals surface area contributed by atoms with Crippen LogP contribution in [-0.2, 0) is 16.1 Å². The topological polar surface area (TPSA) is 64.8 Å². The van der Waals surface area contributed by atoms with Crippen molar-refractivity contribution in [2.24, 2.45) is 5.92 Å². The minimum Gasteiger partial charge on any atom is -0.459 e. The number of morpholine rings is 1. The van der Waals surface area contributed by atoms with Crippen LogP contribution >= 0.6 is 0 Å². The summed E-state index contributed by atoms with van der Waals surface area (Å²) in [7, 11) is 0. The Morgan fingerprint density at radius 1 is 1.28 bits per heavy atom. The Hall–Kier alpha value is -2.18. The molecule has 132 valence electrons. The van der Waals surface area contributed by atoms with Crippen LogP contribution in [0.25, 0.3) is 0 Å². The van der Waals surface area contributed by atoms with Gasteiger partial charge in [0.1, 0.15) is 0 Å². The Labute approximate surface area is 146 Å². The second-order valence-electron chi connectivity index (χ2n) is 6.63. The highest BCUT2D eigenvalue weighted by Crippen LogP contribution is 2.35. The number of amides is 1. The highest BCUT2D eigenvalue weighted by Gasteiger charge is 2.43. The molecule has 0 N–H and O–H groups in total. The number of pyridine rings is 1. The third-order valence-electron chi connectivity index (χ3n) is 4.96. The molecule has 0 unspecified atom stereocenters. The summed E-state index contributed by atoms with van der Waals surface area (Å²) < 4.78 is 17.0. The van der Waals surface area contributed by atoms with Gasteiger partial charge >= 0.3 is 0 Å². The van der Waals surface area contributed by atoms with Crippen LogP contribution in [0.15, 0.2) is 47.2 Å². The lowest BCUT2D eigenvalue weighted by Gasteiger charge is -2.37. The maximum absolute atomic E-state index is 12.6. The molecule has 2 aromatic heterocycles. The Morgan fingerprint density at radius 3 is 3.04 bits per heavy atom. The third kappa shape index (κ3) is 3.60. The predicted octanol–water partition coefficient (Wildman–Crippen LogP) is 2.51. The van der Waals surface area contributed by atoms with E-state index in [9.17, 15) is 4.79 Å². The van der Waals surface area contributed by atoms with Gasteiger partial charge in [-0.15, -0.1) is 0 Å². The van der Waals surface area contributed by atoms with Gasteiger partial charge in [-0.25, -0.2) is 0 Å². The first kappa shape index (κ1) is 16.3. The van der Waals surface area contributed by atoms with Crippen molar-refractivity contribution >= 4 is 5.91 Å². The van der Waals surface area contributed by atoms with Crippen molar-refractivity contribution in [2.75, 3.05) is 19.8 Å². The van der Waals surface area contributed by atoms with Gasteiger partial charge in [0, 0.05) is 12.7 Å². The molecule has 1 saturated heterocycles. The largest absolute Gasteiger partial charge is 0.459 e. The first-order valence-corrected chi connectivity index (χ1v) is 8.75. The lowest BCUT2D eigenvalue weighted by molar-refractivity contribution is -0.0459. The van der Waals surface area contributed by atoms with Gasteiger partial charge in [-0.3, -0.25) is 9.78 Å². The van der Waals surface area contributed by atoms with E-state index >= 15 is 0 Å². The van der Waals surface area contributed by atoms with Crippen molar-refractivity contribution in [1.29, 1.82) is 0 Å². The van der Waals surface area contributed by atoms with Crippen molar-refractivity contribution in [2.45, 2.75) is 31.6 Å². The molecular formula is C19H22N2O4. The summed E-state index contributed by atoms with van der Waals surface area (Å²) >= 11 is 0. The first-order chi connectivity index (χ1) is 12.3. The summed E-state index contributed by atoms with van der Waals surface area (Å²) in [6.07, 6.45) is 5.23. The molecule has 3 heterocycles. The van der Waals surface area contributed by atoms with Gasteiger partial charge in [0.2, 0.25) is 0 Å². The second kappa shape index (κ2) is 7.37. The van der Waals surface area contributed by atoms with Gasteiger partial charge in [0.05, 0.1) is 43.9 Å². The maximum atomic E-state index is 12.6. The highest BCUT2D eigenvalue weighted by atomic mass is 16.5. The van der Waals surface area contributed by atoms with E-state index in [-0.39, 0.29) is 18.1 Å². The third-order valence-corrected chi connectivity index (χ3v) is 4.96. The van der Waals surface area contributed by atoms with E-state index in [1.807, 2.05) is 23.1 Å². The summed E-state index contributed by atoms with van der Waals surface area (Å²) in [4.78, 5) is 18.8. The molecule has 2 aromatic rings. The molecule has 0 spiro atoms. The van der Waals surface area contributed by atoms with Crippen LogP contribution < -0.4 is 0 Å². The zero-order valence-electron chi connectivity index (χ0n) is 14.0. The minimum absolute atomic E-state index is 0.0432. The van der Waals surface area contributed by atoms with Crippen molar-refractivity contribution in [3.63, 3.8) is 0 Å². The quantitative estimate of drug-likeness (QED) is 0.835. The van der Waals surface area contributed by atoms with Gasteiger partial charge in [0.15, 0.2) is 5.76 Å². The number of furan rings is 1. The van der Waals surface area contributed by atoms with Gasteiger partial charge in [-0.05, 0) is 43.0 Å². The maximum Gasteiger partial charge on any atom is 0.289 e. The standard InChI is InChI=1S/C19H22N2O4/c22-19(17-5-3-8-24-17)21-7-9-25-18-11-14(10-16(18)21)12-23-13-15-4-1-2-6-20-15/h1-6,8,14,16,18H,7,9-13H2/t14-,16+,18-/m1/s1. The van der Waals surface area contributed by atoms with Crippen LogP contribution in [0.2, 0.25) is 0 Å². The highest BCUT2D eigenvalue weighted by molar-refractivity contribution is 5.91. The average molecular weight is 342 g/mol. The average Bonchev–Trinajstić information content (AvgIpc) is 3.31. The van der Waals surface area contributed by atoms with Gasteiger partial charge in [0.25, 0.3) is 5.91 Å². The van der Waals surface area contributed by atoms with Crippen LogP contribution in [0.1, 0.15) is 29.1 Å². The molecule has 1 aliphatic carbocycles. The molecule has 6 heteroatoms. The number of fused-ring (bicyclic) bond motifs is 1. The molecule has 0 bridgehead atoms. The summed E-state index contributed by atoms with van der Waals surface area (Å²) in [5.74, 6) is 0.748. The van der Waals surface area contributed by atoms with Crippen LogP contribution in [0, 0.1) is 5.92 Å². The fourth-order valence-corrected chi connectivity index (χ4v) is 3.79. The smallest absolute Gasteiger partial charge is 0.289 e. The fourth-order valence-electron chi connectivity index (χ4n) is 3.79. The zero-order valence-corrected chi connectivity index (χ0v) is 14.0. The number of aromatic nitrogens is 1. The van der Waals surface area contributed by atoms with Gasteiger partial charge < -0.3 is 18.8 Å². The van der Waals surface area contributed by atoms with Crippen molar-refractivity contribution < 1.29 is 18.7 Å². The van der Waals surface area contributed by atoms with Crippen molar-refractivity contribution in [1.82, 2.24) is 9.88 Å². The zero-order chi connectivity index (χ0) is 17.1. The number of ether oxygens (including phenoxy) is 2. The predicted molar refractivity (Wildman–Crippen MR) is 89.9 cm³/mol. The molecule has 0 radical (unpaired) electrons. The van der Waals surface area contributed by atoms with E-state index in [0.29, 0.717) is 38.0 Å². The molecule has 4 rings (SSSR count). The Balaban J connectivity index is 1.33. The Bertz CT molecular complexity index is 689. The van der Waals surface area contributed by atoms with E-state index in [1.165, 1.54) is 6.26 Å². The summed E-state index contributed by atoms with van der Waals surface area (Å²) in [6.45, 7) is 2.37. The van der Waals surface area contributed by atoms with Crippen LogP contribution in [0.5, 0.6) is 0 Å². The molecular weight excluding hydrogens is 320 g/mol. The Kier molecular flexibility index (Phi) is 4.81. The number of rotatable bonds is 5. The lowest BCUT2D eigenvalue weighted by Crippen LogP contribution is -2.51. The Morgan fingerprint density at radius 2 is 2.24 bits per heavy atom. The molecule has 25 heavy (non-hydrogen) atoms. The number of carbonyl (C=O) groups excluding carboxylic acids is 1. The fraction of sp³-hybridized carbons (Fsp3) is 0.474. The van der Waals surface area contributed by atoms with Crippen molar-refractivity contribution in [3.05, 3.63) is 54.2 Å². The van der Waals surface area contributed by atoms with Crippen molar-refractivity contribution in [3.8, 4) is 0 Å². The summed E-state index contributed by atoms with van der Waals surface area (Å²) in [6, 6.07) is 9.38. The number of hydrogen-bond donors (Lipinski definition) is 0. The van der Waals surface area contributed by atoms with Crippen LogP contribution in [-0.4, -0.2) is 47.7 Å². The number of carbonyl (C=O) groups is 1. The van der Waals surface area contributed by atoms with Gasteiger partial charge in [-0.1, -0.05) is 6.07 Å². The van der Waals surface area contributed by atoms with E-state index < -0.39 is 0 Å². The lowest BCUT2D eigenvalue weighted by atomic mass is 10.1. The number of nitrogens with zero attached hydrogens (tertiary/aromatic N) is 2. The monoisotopic (exact) mass is 342 g/mol. The molecule has 3 atom stereocenters. The van der Waals surface area contributed by atoms with Gasteiger partial charge in [-0.2, -0.15) is 0 Å².